The summed E-state index contributed by atoms with van der Waals surface area (Å²) in [5, 5.41) is 0. The molecule has 1 fully saturated rings. The zero-order valence-corrected chi connectivity index (χ0v) is 9.84. The lowest BCUT2D eigenvalue weighted by atomic mass is 9.59. The number of carbonyl (C=O) groups excluding carboxylic acids is 2. The van der Waals surface area contributed by atoms with Crippen molar-refractivity contribution in [2.24, 2.45) is 11.3 Å². The van der Waals surface area contributed by atoms with Gasteiger partial charge in [0.25, 0.3) is 0 Å². The smallest absolute Gasteiger partial charge is 0.159 e. The number of carbonyl (C=O) groups is 2. The quantitative estimate of drug-likeness (QED) is 0.626. The number of rotatable bonds is 0. The van der Waals surface area contributed by atoms with Crippen molar-refractivity contribution in [1.82, 2.24) is 0 Å². The molecule has 0 aliphatic heterocycles. The highest BCUT2D eigenvalue weighted by molar-refractivity contribution is 6.00. The topological polar surface area (TPSA) is 34.1 Å². The molecule has 2 heteroatoms. The zero-order valence-electron chi connectivity index (χ0n) is 9.84. The van der Waals surface area contributed by atoms with E-state index in [0.29, 0.717) is 23.9 Å². The summed E-state index contributed by atoms with van der Waals surface area (Å²) in [7, 11) is 0. The average Bonchev–Trinajstić information content (AvgIpc) is 2.59. The van der Waals surface area contributed by atoms with E-state index in [-0.39, 0.29) is 5.41 Å². The van der Waals surface area contributed by atoms with Gasteiger partial charge in [-0.25, -0.2) is 0 Å². The average molecular weight is 218 g/mol. The van der Waals surface area contributed by atoms with E-state index < -0.39 is 0 Å². The van der Waals surface area contributed by atoms with Crippen LogP contribution in [0.1, 0.15) is 51.9 Å². The number of hydrogen-bond acceptors (Lipinski definition) is 2. The lowest BCUT2D eigenvalue weighted by Crippen LogP contribution is -2.42. The van der Waals surface area contributed by atoms with Gasteiger partial charge in [0.1, 0.15) is 5.78 Å². The van der Waals surface area contributed by atoms with E-state index in [1.807, 2.05) is 0 Å². The third kappa shape index (κ3) is 1.25. The highest BCUT2D eigenvalue weighted by atomic mass is 16.1. The molecule has 3 rings (SSSR count). The van der Waals surface area contributed by atoms with Crippen molar-refractivity contribution >= 4 is 11.6 Å². The lowest BCUT2D eigenvalue weighted by molar-refractivity contribution is -0.134. The Bertz CT molecular complexity index is 405. The van der Waals surface area contributed by atoms with Gasteiger partial charge in [-0.2, -0.15) is 0 Å². The Hall–Kier alpha value is -0.920. The molecule has 1 saturated carbocycles. The van der Waals surface area contributed by atoms with Crippen LogP contribution in [0, 0.1) is 11.3 Å². The maximum atomic E-state index is 12.1. The molecule has 0 saturated heterocycles. The van der Waals surface area contributed by atoms with Crippen molar-refractivity contribution in [3.8, 4) is 0 Å². The van der Waals surface area contributed by atoms with Gasteiger partial charge in [-0.3, -0.25) is 9.59 Å². The number of allylic oxidation sites excluding steroid dienone is 2. The summed E-state index contributed by atoms with van der Waals surface area (Å²) in [6.07, 6.45) is 6.37. The summed E-state index contributed by atoms with van der Waals surface area (Å²) < 4.78 is 0. The third-order valence-corrected chi connectivity index (χ3v) is 4.95. The van der Waals surface area contributed by atoms with E-state index in [1.165, 1.54) is 12.0 Å². The van der Waals surface area contributed by atoms with Gasteiger partial charge >= 0.3 is 0 Å². The monoisotopic (exact) mass is 218 g/mol. The third-order valence-electron chi connectivity index (χ3n) is 4.95. The van der Waals surface area contributed by atoms with Gasteiger partial charge in [0.05, 0.1) is 0 Å². The van der Waals surface area contributed by atoms with Crippen LogP contribution in [0.5, 0.6) is 0 Å². The Labute approximate surface area is 96.1 Å². The molecular weight excluding hydrogens is 200 g/mol. The first-order chi connectivity index (χ1) is 7.61. The van der Waals surface area contributed by atoms with Gasteiger partial charge in [-0.05, 0) is 43.6 Å². The summed E-state index contributed by atoms with van der Waals surface area (Å²) in [6, 6.07) is 0. The first kappa shape index (κ1) is 10.2. The van der Waals surface area contributed by atoms with Crippen molar-refractivity contribution in [1.29, 1.82) is 0 Å². The zero-order chi connectivity index (χ0) is 11.3. The Morgan fingerprint density at radius 2 is 2.00 bits per heavy atom. The van der Waals surface area contributed by atoms with Crippen LogP contribution in [0.15, 0.2) is 11.1 Å². The van der Waals surface area contributed by atoms with Gasteiger partial charge in [0.15, 0.2) is 5.78 Å². The van der Waals surface area contributed by atoms with Crippen LogP contribution in [-0.2, 0) is 9.59 Å². The normalized spacial score (nSPS) is 38.7. The fourth-order valence-corrected chi connectivity index (χ4v) is 3.79. The second kappa shape index (κ2) is 3.28. The molecule has 16 heavy (non-hydrogen) atoms. The molecule has 2 atom stereocenters. The van der Waals surface area contributed by atoms with Crippen LogP contribution >= 0.6 is 0 Å². The molecular formula is C14H18O2. The Morgan fingerprint density at radius 3 is 2.81 bits per heavy atom. The first-order valence-corrected chi connectivity index (χ1v) is 6.38. The standard InChI is InChI=1S/C14H18O2/c1-14-8-11-9(5-6-12(11)15)7-10(14)3-2-4-13(14)16/h10H,2-8H2,1H3/t10-,14-/m1/s1. The van der Waals surface area contributed by atoms with E-state index in [1.54, 1.807) is 0 Å². The first-order valence-electron chi connectivity index (χ1n) is 6.38. The minimum Gasteiger partial charge on any atom is -0.299 e. The van der Waals surface area contributed by atoms with Crippen molar-refractivity contribution in [3.05, 3.63) is 11.1 Å². The van der Waals surface area contributed by atoms with E-state index in [4.69, 9.17) is 0 Å². The Balaban J connectivity index is 1.99. The summed E-state index contributed by atoms with van der Waals surface area (Å²) in [5.41, 5.74) is 2.19. The van der Waals surface area contributed by atoms with Crippen LogP contribution in [0.4, 0.5) is 0 Å². The minimum absolute atomic E-state index is 0.211. The maximum absolute atomic E-state index is 12.1. The van der Waals surface area contributed by atoms with Gasteiger partial charge in [0, 0.05) is 18.3 Å². The second-order valence-corrected chi connectivity index (χ2v) is 5.82. The van der Waals surface area contributed by atoms with E-state index in [2.05, 4.69) is 6.92 Å². The van der Waals surface area contributed by atoms with E-state index >= 15 is 0 Å². The molecule has 0 spiro atoms. The molecule has 0 aromatic carbocycles. The molecule has 0 unspecified atom stereocenters. The molecule has 3 aliphatic rings. The molecule has 0 heterocycles. The molecule has 0 aromatic rings. The predicted octanol–water partition coefficient (Wildman–Crippen LogP) is 2.82. The summed E-state index contributed by atoms with van der Waals surface area (Å²) in [6.45, 7) is 2.09. The van der Waals surface area contributed by atoms with Crippen LogP contribution in [0.2, 0.25) is 0 Å². The predicted molar refractivity (Wildman–Crippen MR) is 61.0 cm³/mol. The fraction of sp³-hybridized carbons (Fsp3) is 0.714. The highest BCUT2D eigenvalue weighted by Gasteiger charge is 2.48. The highest BCUT2D eigenvalue weighted by Crippen LogP contribution is 2.52. The fourth-order valence-electron chi connectivity index (χ4n) is 3.79. The minimum atomic E-state index is -0.211. The van der Waals surface area contributed by atoms with Gasteiger partial charge in [-0.1, -0.05) is 12.5 Å². The summed E-state index contributed by atoms with van der Waals surface area (Å²) in [4.78, 5) is 23.9. The molecule has 0 bridgehead atoms. The van der Waals surface area contributed by atoms with Crippen molar-refractivity contribution in [2.45, 2.75) is 51.9 Å². The van der Waals surface area contributed by atoms with Crippen LogP contribution in [0.3, 0.4) is 0 Å². The van der Waals surface area contributed by atoms with Crippen molar-refractivity contribution < 1.29 is 9.59 Å². The van der Waals surface area contributed by atoms with Gasteiger partial charge in [0.2, 0.25) is 0 Å². The van der Waals surface area contributed by atoms with Crippen LogP contribution in [-0.4, -0.2) is 11.6 Å². The van der Waals surface area contributed by atoms with Crippen LogP contribution in [0.25, 0.3) is 0 Å². The lowest BCUT2D eigenvalue weighted by Gasteiger charge is -2.43. The molecule has 3 aliphatic carbocycles. The van der Waals surface area contributed by atoms with E-state index in [0.717, 1.165) is 37.7 Å². The number of Topliss-reactive ketones (excluding diaryl/α,β-unsaturated/α-hetero) is 2. The molecule has 2 nitrogen and oxygen atoms in total. The molecule has 0 amide bonds. The van der Waals surface area contributed by atoms with Crippen LogP contribution < -0.4 is 0 Å². The molecule has 0 N–H and O–H groups in total. The Morgan fingerprint density at radius 1 is 1.19 bits per heavy atom. The summed E-state index contributed by atoms with van der Waals surface area (Å²) >= 11 is 0. The maximum Gasteiger partial charge on any atom is 0.159 e. The number of hydrogen-bond donors (Lipinski definition) is 0. The molecule has 0 radical (unpaired) electrons. The van der Waals surface area contributed by atoms with Crippen molar-refractivity contribution in [3.63, 3.8) is 0 Å². The Kier molecular flexibility index (Phi) is 2.10. The number of fused-ring (bicyclic) bond motifs is 1. The second-order valence-electron chi connectivity index (χ2n) is 5.82. The van der Waals surface area contributed by atoms with Crippen molar-refractivity contribution in [2.75, 3.05) is 0 Å². The van der Waals surface area contributed by atoms with Gasteiger partial charge in [-0.15, -0.1) is 0 Å². The molecule has 0 aromatic heterocycles. The SMILES string of the molecule is C[C@@]12CC3=C(CCC3=O)C[C@H]1CCCC2=O. The van der Waals surface area contributed by atoms with Gasteiger partial charge < -0.3 is 0 Å². The number of ketones is 2. The molecule has 86 valence electrons. The van der Waals surface area contributed by atoms with E-state index in [9.17, 15) is 9.59 Å². The summed E-state index contributed by atoms with van der Waals surface area (Å²) in [5.74, 6) is 1.22. The largest absolute Gasteiger partial charge is 0.299 e.